The van der Waals surface area contributed by atoms with Gasteiger partial charge < -0.3 is 10.5 Å². The summed E-state index contributed by atoms with van der Waals surface area (Å²) < 4.78 is 8.62. The van der Waals surface area contributed by atoms with Gasteiger partial charge in [-0.15, -0.1) is 0 Å². The molecule has 1 saturated carbocycles. The average molecular weight is 330 g/mol. The predicted molar refractivity (Wildman–Crippen MR) is 80.1 cm³/mol. The number of rotatable bonds is 6. The number of hydrogen-bond acceptors (Lipinski definition) is 3. The van der Waals surface area contributed by atoms with Crippen molar-refractivity contribution in [3.63, 3.8) is 0 Å². The van der Waals surface area contributed by atoms with E-state index in [9.17, 15) is 0 Å². The van der Waals surface area contributed by atoms with Gasteiger partial charge in [0.2, 0.25) is 0 Å². The summed E-state index contributed by atoms with van der Waals surface area (Å²) in [6.45, 7) is 4.89. The first-order valence-corrected chi connectivity index (χ1v) is 7.85. The van der Waals surface area contributed by atoms with Gasteiger partial charge in [0.05, 0.1) is 22.0 Å². The fourth-order valence-electron chi connectivity index (χ4n) is 2.90. The molecule has 4 nitrogen and oxygen atoms in total. The Morgan fingerprint density at radius 1 is 1.53 bits per heavy atom. The Bertz CT molecular complexity index is 427. The van der Waals surface area contributed by atoms with Crippen LogP contribution in [0.2, 0.25) is 0 Å². The third-order valence-corrected chi connectivity index (χ3v) is 4.98. The molecule has 2 N–H and O–H groups in total. The van der Waals surface area contributed by atoms with Gasteiger partial charge in [-0.3, -0.25) is 4.68 Å². The lowest BCUT2D eigenvalue weighted by molar-refractivity contribution is -0.0281. The molecule has 1 aromatic rings. The van der Waals surface area contributed by atoms with Crippen LogP contribution in [0.25, 0.3) is 0 Å². The normalized spacial score (nSPS) is 24.3. The second kappa shape index (κ2) is 6.37. The topological polar surface area (TPSA) is 53.1 Å². The third-order valence-electron chi connectivity index (χ3n) is 3.95. The van der Waals surface area contributed by atoms with E-state index in [1.165, 1.54) is 18.5 Å². The highest BCUT2D eigenvalue weighted by molar-refractivity contribution is 9.10. The fraction of sp³-hybridized carbons (Fsp3) is 0.786. The molecule has 0 saturated heterocycles. The Hall–Kier alpha value is -0.390. The van der Waals surface area contributed by atoms with Crippen LogP contribution in [-0.2, 0) is 18.2 Å². The van der Waals surface area contributed by atoms with Crippen molar-refractivity contribution in [3.8, 4) is 0 Å². The van der Waals surface area contributed by atoms with E-state index in [0.717, 1.165) is 35.5 Å². The molecular formula is C14H24BrN3O. The van der Waals surface area contributed by atoms with E-state index in [1.807, 2.05) is 18.7 Å². The average Bonchev–Trinajstić information content (AvgIpc) is 2.53. The van der Waals surface area contributed by atoms with E-state index in [2.05, 4.69) is 28.0 Å². The molecule has 1 aromatic heterocycles. The molecule has 1 fully saturated rings. The van der Waals surface area contributed by atoms with Gasteiger partial charge in [-0.25, -0.2) is 0 Å². The van der Waals surface area contributed by atoms with E-state index in [4.69, 9.17) is 10.5 Å². The largest absolute Gasteiger partial charge is 0.378 e. The summed E-state index contributed by atoms with van der Waals surface area (Å²) in [6.07, 6.45) is 4.79. The van der Waals surface area contributed by atoms with Crippen LogP contribution in [0.4, 0.5) is 0 Å². The molecular weight excluding hydrogens is 306 g/mol. The maximum atomic E-state index is 6.28. The van der Waals surface area contributed by atoms with E-state index in [1.54, 1.807) is 0 Å². The molecule has 19 heavy (non-hydrogen) atoms. The summed E-state index contributed by atoms with van der Waals surface area (Å²) in [4.78, 5) is 0. The van der Waals surface area contributed by atoms with Gasteiger partial charge in [-0.05, 0) is 55.0 Å². The summed E-state index contributed by atoms with van der Waals surface area (Å²) >= 11 is 3.60. The number of nitrogens with zero attached hydrogens (tertiary/aromatic N) is 2. The standard InChI is InChI=1S/C14H24BrN3O/c1-4-19-12-6-10(7-12)5-11(16)8-13-14(15)9(2)17-18(13)3/h10-12H,4-8,16H2,1-3H3. The number of nitrogens with two attached hydrogens (primary N) is 1. The van der Waals surface area contributed by atoms with Crippen LogP contribution in [0.1, 0.15) is 37.6 Å². The third kappa shape index (κ3) is 3.58. The van der Waals surface area contributed by atoms with Gasteiger partial charge in [-0.1, -0.05) is 0 Å². The Labute approximate surface area is 123 Å². The zero-order chi connectivity index (χ0) is 14.0. The molecule has 108 valence electrons. The highest BCUT2D eigenvalue weighted by Crippen LogP contribution is 2.34. The summed E-state index contributed by atoms with van der Waals surface area (Å²) in [5.74, 6) is 0.736. The Kier molecular flexibility index (Phi) is 5.03. The van der Waals surface area contributed by atoms with Crippen LogP contribution in [0.3, 0.4) is 0 Å². The van der Waals surface area contributed by atoms with Crippen LogP contribution in [0.15, 0.2) is 4.47 Å². The van der Waals surface area contributed by atoms with Crippen molar-refractivity contribution in [1.82, 2.24) is 9.78 Å². The molecule has 1 unspecified atom stereocenters. The van der Waals surface area contributed by atoms with Gasteiger partial charge >= 0.3 is 0 Å². The molecule has 0 aromatic carbocycles. The van der Waals surface area contributed by atoms with Crippen LogP contribution in [0, 0.1) is 12.8 Å². The number of aryl methyl sites for hydroxylation is 2. The van der Waals surface area contributed by atoms with Crippen LogP contribution >= 0.6 is 15.9 Å². The maximum absolute atomic E-state index is 6.28. The molecule has 1 heterocycles. The van der Waals surface area contributed by atoms with Crippen molar-refractivity contribution in [2.45, 2.75) is 51.7 Å². The summed E-state index contributed by atoms with van der Waals surface area (Å²) in [7, 11) is 1.98. The number of ether oxygens (including phenoxy) is 1. The molecule has 2 rings (SSSR count). The molecule has 0 spiro atoms. The minimum atomic E-state index is 0.207. The van der Waals surface area contributed by atoms with E-state index in [0.29, 0.717) is 6.10 Å². The minimum Gasteiger partial charge on any atom is -0.378 e. The number of aromatic nitrogens is 2. The van der Waals surface area contributed by atoms with Gasteiger partial charge in [0, 0.05) is 26.1 Å². The summed E-state index contributed by atoms with van der Waals surface area (Å²) in [5, 5.41) is 4.41. The first-order valence-electron chi connectivity index (χ1n) is 7.06. The molecule has 1 atom stereocenters. The van der Waals surface area contributed by atoms with Crippen molar-refractivity contribution in [2.24, 2.45) is 18.7 Å². The Morgan fingerprint density at radius 2 is 2.21 bits per heavy atom. The molecule has 1 aliphatic rings. The van der Waals surface area contributed by atoms with E-state index < -0.39 is 0 Å². The first kappa shape index (κ1) is 15.0. The summed E-state index contributed by atoms with van der Waals surface area (Å²) in [5.41, 5.74) is 8.51. The van der Waals surface area contributed by atoms with Crippen molar-refractivity contribution < 1.29 is 4.74 Å². The van der Waals surface area contributed by atoms with Crippen molar-refractivity contribution >= 4 is 15.9 Å². The SMILES string of the molecule is CCOC1CC(CC(N)Cc2c(Br)c(C)nn2C)C1. The van der Waals surface area contributed by atoms with Crippen molar-refractivity contribution in [3.05, 3.63) is 15.9 Å². The van der Waals surface area contributed by atoms with Gasteiger partial charge in [-0.2, -0.15) is 5.10 Å². The maximum Gasteiger partial charge on any atom is 0.0738 e. The minimum absolute atomic E-state index is 0.207. The molecule has 5 heteroatoms. The Balaban J connectivity index is 1.80. The monoisotopic (exact) mass is 329 g/mol. The van der Waals surface area contributed by atoms with Crippen LogP contribution in [0.5, 0.6) is 0 Å². The van der Waals surface area contributed by atoms with Gasteiger partial charge in [0.25, 0.3) is 0 Å². The predicted octanol–water partition coefficient (Wildman–Crippen LogP) is 2.57. The van der Waals surface area contributed by atoms with Crippen LogP contribution in [-0.4, -0.2) is 28.5 Å². The van der Waals surface area contributed by atoms with E-state index >= 15 is 0 Å². The fourth-order valence-corrected chi connectivity index (χ4v) is 3.40. The second-order valence-electron chi connectivity index (χ2n) is 5.58. The lowest BCUT2D eigenvalue weighted by Crippen LogP contribution is -2.36. The van der Waals surface area contributed by atoms with Crippen LogP contribution < -0.4 is 5.73 Å². The number of halogens is 1. The zero-order valence-electron chi connectivity index (χ0n) is 12.0. The molecule has 0 radical (unpaired) electrons. The van der Waals surface area contributed by atoms with Crippen molar-refractivity contribution in [1.29, 1.82) is 0 Å². The Morgan fingerprint density at radius 3 is 2.74 bits per heavy atom. The molecule has 0 amide bonds. The molecule has 0 aliphatic heterocycles. The highest BCUT2D eigenvalue weighted by Gasteiger charge is 2.31. The molecule has 0 bridgehead atoms. The molecule has 1 aliphatic carbocycles. The van der Waals surface area contributed by atoms with Crippen molar-refractivity contribution in [2.75, 3.05) is 6.61 Å². The van der Waals surface area contributed by atoms with E-state index in [-0.39, 0.29) is 6.04 Å². The quantitative estimate of drug-likeness (QED) is 0.872. The number of hydrogen-bond donors (Lipinski definition) is 1. The first-order chi connectivity index (χ1) is 9.01. The lowest BCUT2D eigenvalue weighted by atomic mass is 9.78. The lowest BCUT2D eigenvalue weighted by Gasteiger charge is -2.36. The zero-order valence-corrected chi connectivity index (χ0v) is 13.6. The van der Waals surface area contributed by atoms with Gasteiger partial charge in [0.1, 0.15) is 0 Å². The smallest absolute Gasteiger partial charge is 0.0738 e. The summed E-state index contributed by atoms with van der Waals surface area (Å²) in [6, 6.07) is 0.207. The highest BCUT2D eigenvalue weighted by atomic mass is 79.9. The van der Waals surface area contributed by atoms with Gasteiger partial charge in [0.15, 0.2) is 0 Å². The second-order valence-corrected chi connectivity index (χ2v) is 6.38.